The molecule has 8 nitrogen and oxygen atoms in total. The lowest BCUT2D eigenvalue weighted by atomic mass is 10.1. The monoisotopic (exact) mass is 553 g/mol. The van der Waals surface area contributed by atoms with Crippen molar-refractivity contribution in [2.45, 2.75) is 44.6 Å². The first-order valence-corrected chi connectivity index (χ1v) is 15.3. The number of nitrogens with zero attached hydrogens (tertiary/aromatic N) is 3. The van der Waals surface area contributed by atoms with Gasteiger partial charge in [0, 0.05) is 38.8 Å². The van der Waals surface area contributed by atoms with Gasteiger partial charge in [0.1, 0.15) is 22.3 Å². The number of benzene rings is 1. The topological polar surface area (TPSA) is 109 Å². The van der Waals surface area contributed by atoms with Gasteiger partial charge in [-0.2, -0.15) is 0 Å². The van der Waals surface area contributed by atoms with Crippen molar-refractivity contribution in [2.24, 2.45) is 11.8 Å². The molecule has 3 fully saturated rings. The van der Waals surface area contributed by atoms with Crippen molar-refractivity contribution in [1.29, 1.82) is 0 Å². The number of thiazole rings is 1. The molecule has 0 atom stereocenters. The summed E-state index contributed by atoms with van der Waals surface area (Å²) in [6.07, 6.45) is 6.20. The highest BCUT2D eigenvalue weighted by molar-refractivity contribution is 7.89. The summed E-state index contributed by atoms with van der Waals surface area (Å²) in [5.41, 5.74) is 5.23. The summed E-state index contributed by atoms with van der Waals surface area (Å²) in [5, 5.41) is 3.58. The van der Waals surface area contributed by atoms with Crippen molar-refractivity contribution in [3.05, 3.63) is 40.3 Å². The molecule has 2 aromatic rings. The highest BCUT2D eigenvalue weighted by atomic mass is 32.2. The number of rotatable bonds is 12. The molecule has 37 heavy (non-hydrogen) atoms. The number of ketones is 1. The van der Waals surface area contributed by atoms with E-state index in [0.717, 1.165) is 48.4 Å². The van der Waals surface area contributed by atoms with Crippen LogP contribution in [0.25, 0.3) is 0 Å². The smallest absolute Gasteiger partial charge is 0.215 e. The highest BCUT2D eigenvalue weighted by Crippen LogP contribution is 2.34. The number of hydrogen-bond donors (Lipinski definition) is 2. The average molecular weight is 554 g/mol. The van der Waals surface area contributed by atoms with E-state index in [1.54, 1.807) is 4.31 Å². The maximum Gasteiger partial charge on any atom is 0.215 e. The van der Waals surface area contributed by atoms with Gasteiger partial charge in [-0.3, -0.25) is 4.79 Å². The Labute approximate surface area is 220 Å². The van der Waals surface area contributed by atoms with Crippen molar-refractivity contribution in [2.75, 3.05) is 49.5 Å². The number of sulfonamides is 1. The lowest BCUT2D eigenvalue weighted by Gasteiger charge is -2.32. The zero-order valence-electron chi connectivity index (χ0n) is 20.7. The quantitative estimate of drug-likeness (QED) is 0.387. The Kier molecular flexibility index (Phi) is 7.80. The Balaban J connectivity index is 1.14. The SMILES string of the molecule is Nc1nc(NC2CCN(S(=O)(=O)CCN(CC3CC3)CC3CC3)CC2)sc1C(=O)c1c(F)cccc1F. The van der Waals surface area contributed by atoms with Gasteiger partial charge < -0.3 is 16.0 Å². The van der Waals surface area contributed by atoms with E-state index >= 15 is 0 Å². The molecule has 0 amide bonds. The van der Waals surface area contributed by atoms with Gasteiger partial charge >= 0.3 is 0 Å². The number of aromatic nitrogens is 1. The summed E-state index contributed by atoms with van der Waals surface area (Å²) in [5.74, 6) is -1.23. The summed E-state index contributed by atoms with van der Waals surface area (Å²) >= 11 is 0.943. The van der Waals surface area contributed by atoms with Gasteiger partial charge in [-0.25, -0.2) is 26.5 Å². The van der Waals surface area contributed by atoms with E-state index in [1.807, 2.05) is 0 Å². The number of carbonyl (C=O) groups is 1. The van der Waals surface area contributed by atoms with Crippen LogP contribution in [-0.2, 0) is 10.0 Å². The maximum atomic E-state index is 14.1. The maximum absolute atomic E-state index is 14.1. The molecule has 1 aromatic carbocycles. The molecule has 0 spiro atoms. The molecule has 1 aliphatic heterocycles. The summed E-state index contributed by atoms with van der Waals surface area (Å²) in [6, 6.07) is 3.18. The second-order valence-corrected chi connectivity index (χ2v) is 13.5. The fourth-order valence-corrected chi connectivity index (χ4v) is 7.22. The van der Waals surface area contributed by atoms with E-state index in [9.17, 15) is 22.0 Å². The van der Waals surface area contributed by atoms with E-state index in [-0.39, 0.29) is 22.5 Å². The van der Waals surface area contributed by atoms with Crippen molar-refractivity contribution < 1.29 is 22.0 Å². The molecule has 202 valence electrons. The Morgan fingerprint density at radius 1 is 1.08 bits per heavy atom. The van der Waals surface area contributed by atoms with Gasteiger partial charge in [-0.05, 0) is 62.5 Å². The molecule has 2 saturated carbocycles. The van der Waals surface area contributed by atoms with E-state index in [0.29, 0.717) is 37.6 Å². The van der Waals surface area contributed by atoms with Crippen molar-refractivity contribution in [3.8, 4) is 0 Å². The number of anilines is 2. The van der Waals surface area contributed by atoms with Crippen LogP contribution in [-0.4, -0.2) is 72.9 Å². The van der Waals surface area contributed by atoms with Crippen LogP contribution in [0, 0.1) is 23.5 Å². The normalized spacial score (nSPS) is 19.4. The zero-order chi connectivity index (χ0) is 26.2. The number of hydrogen-bond acceptors (Lipinski definition) is 8. The molecular weight excluding hydrogens is 520 g/mol. The summed E-state index contributed by atoms with van der Waals surface area (Å²) < 4.78 is 55.7. The van der Waals surface area contributed by atoms with E-state index in [1.165, 1.54) is 31.7 Å². The molecule has 12 heteroatoms. The van der Waals surface area contributed by atoms with E-state index in [4.69, 9.17) is 5.73 Å². The van der Waals surface area contributed by atoms with Gasteiger partial charge in [-0.1, -0.05) is 17.4 Å². The number of nitrogen functional groups attached to an aromatic ring is 1. The fourth-order valence-electron chi connectivity index (χ4n) is 4.80. The minimum Gasteiger partial charge on any atom is -0.382 e. The second-order valence-electron chi connectivity index (χ2n) is 10.4. The van der Waals surface area contributed by atoms with Crippen LogP contribution in [0.4, 0.5) is 19.7 Å². The number of halogens is 2. The van der Waals surface area contributed by atoms with E-state index < -0.39 is 33.0 Å². The standard InChI is InChI=1S/C25H33F2N5O3S2/c26-19-2-1-3-20(27)21(19)22(33)23-24(28)30-25(36-23)29-18-8-10-32(11-9-18)37(34,35)13-12-31(14-16-4-5-16)15-17-6-7-17/h1-3,16-18H,4-15,28H2,(H,29,30). The number of piperidine rings is 1. The fraction of sp³-hybridized carbons (Fsp3) is 0.600. The molecule has 5 rings (SSSR count). The van der Waals surface area contributed by atoms with Gasteiger partial charge in [0.05, 0.1) is 11.3 Å². The molecule has 2 aliphatic carbocycles. The Morgan fingerprint density at radius 2 is 1.68 bits per heavy atom. The highest BCUT2D eigenvalue weighted by Gasteiger charge is 2.32. The first-order valence-electron chi connectivity index (χ1n) is 12.9. The molecule has 0 bridgehead atoms. The van der Waals surface area contributed by atoms with Crippen molar-refractivity contribution in [3.63, 3.8) is 0 Å². The van der Waals surface area contributed by atoms with Crippen molar-refractivity contribution >= 4 is 38.1 Å². The van der Waals surface area contributed by atoms with Gasteiger partial charge in [0.2, 0.25) is 15.8 Å². The van der Waals surface area contributed by atoms with Crippen LogP contribution in [0.2, 0.25) is 0 Å². The van der Waals surface area contributed by atoms with Gasteiger partial charge in [-0.15, -0.1) is 0 Å². The van der Waals surface area contributed by atoms with Crippen molar-refractivity contribution in [1.82, 2.24) is 14.2 Å². The Morgan fingerprint density at radius 3 is 2.24 bits per heavy atom. The molecule has 2 heterocycles. The minimum absolute atomic E-state index is 0.0338. The van der Waals surface area contributed by atoms with Gasteiger partial charge in [0.25, 0.3) is 0 Å². The third-order valence-electron chi connectivity index (χ3n) is 7.32. The second kappa shape index (κ2) is 10.9. The van der Waals surface area contributed by atoms with E-state index in [2.05, 4.69) is 15.2 Å². The lowest BCUT2D eigenvalue weighted by molar-refractivity contribution is 0.103. The number of nitrogens with two attached hydrogens (primary N) is 1. The van der Waals surface area contributed by atoms with Crippen LogP contribution < -0.4 is 11.1 Å². The van der Waals surface area contributed by atoms with Gasteiger partial charge in [0.15, 0.2) is 5.13 Å². The first kappa shape index (κ1) is 26.5. The summed E-state index contributed by atoms with van der Waals surface area (Å²) in [7, 11) is -3.34. The predicted octanol–water partition coefficient (Wildman–Crippen LogP) is 3.56. The largest absolute Gasteiger partial charge is 0.382 e. The lowest BCUT2D eigenvalue weighted by Crippen LogP contribution is -2.45. The van der Waals surface area contributed by atoms with Crippen LogP contribution in [0.15, 0.2) is 18.2 Å². The number of nitrogens with one attached hydrogen (secondary N) is 1. The molecule has 1 aromatic heterocycles. The number of carbonyl (C=O) groups excluding carboxylic acids is 1. The predicted molar refractivity (Wildman–Crippen MR) is 140 cm³/mol. The average Bonchev–Trinajstić information content (AvgIpc) is 3.79. The molecule has 3 N–H and O–H groups in total. The van der Waals surface area contributed by atoms with Crippen LogP contribution in [0.3, 0.4) is 0 Å². The minimum atomic E-state index is -3.34. The third-order valence-corrected chi connectivity index (χ3v) is 10.2. The van der Waals surface area contributed by atoms with Crippen LogP contribution >= 0.6 is 11.3 Å². The Bertz CT molecular complexity index is 1200. The first-order chi connectivity index (χ1) is 17.7. The zero-order valence-corrected chi connectivity index (χ0v) is 22.3. The Hall–Kier alpha value is -2.15. The molecule has 1 saturated heterocycles. The molecule has 0 radical (unpaired) electrons. The van der Waals surface area contributed by atoms with Crippen LogP contribution in [0.1, 0.15) is 53.8 Å². The summed E-state index contributed by atoms with van der Waals surface area (Å²) in [4.78, 5) is 19.2. The molecular formula is C25H33F2N5O3S2. The molecule has 0 unspecified atom stereocenters. The van der Waals surface area contributed by atoms with Crippen LogP contribution in [0.5, 0.6) is 0 Å². The molecule has 3 aliphatic rings. The third kappa shape index (κ3) is 6.65. The summed E-state index contributed by atoms with van der Waals surface area (Å²) in [6.45, 7) is 3.42.